The van der Waals surface area contributed by atoms with Gasteiger partial charge >= 0.3 is 5.97 Å². The number of rotatable bonds is 9. The maximum absolute atomic E-state index is 10.9. The Hall–Kier alpha value is -0.570. The van der Waals surface area contributed by atoms with Crippen LogP contribution in [-0.2, 0) is 14.3 Å². The number of nitrogens with one attached hydrogen (secondary N) is 2. The van der Waals surface area contributed by atoms with Crippen LogP contribution in [0, 0.1) is 5.92 Å². The van der Waals surface area contributed by atoms with Crippen LogP contribution >= 0.6 is 24.0 Å². The van der Waals surface area contributed by atoms with Crippen molar-refractivity contribution in [1.29, 1.82) is 0 Å². The Labute approximate surface area is 139 Å². The molecule has 0 aromatic rings. The first-order chi connectivity index (χ1) is 9.10. The Balaban J connectivity index is 0. The summed E-state index contributed by atoms with van der Waals surface area (Å²) < 4.78 is 10.0. The third-order valence-corrected chi connectivity index (χ3v) is 2.45. The number of hydrogen-bond acceptors (Lipinski definition) is 4. The van der Waals surface area contributed by atoms with Crippen LogP contribution in [0.4, 0.5) is 0 Å². The van der Waals surface area contributed by atoms with Crippen molar-refractivity contribution in [2.45, 2.75) is 26.7 Å². The van der Waals surface area contributed by atoms with Crippen molar-refractivity contribution >= 4 is 35.9 Å². The van der Waals surface area contributed by atoms with Gasteiger partial charge in [-0.15, -0.1) is 24.0 Å². The normalized spacial score (nSPS) is 10.9. The van der Waals surface area contributed by atoms with Gasteiger partial charge in [0, 0.05) is 26.7 Å². The van der Waals surface area contributed by atoms with Crippen LogP contribution in [0.2, 0.25) is 0 Å². The lowest BCUT2D eigenvalue weighted by Crippen LogP contribution is -2.39. The van der Waals surface area contributed by atoms with Gasteiger partial charge in [0.05, 0.1) is 20.1 Å². The van der Waals surface area contributed by atoms with Crippen LogP contribution in [0.5, 0.6) is 0 Å². The summed E-state index contributed by atoms with van der Waals surface area (Å²) in [6.07, 6.45) is 1.40. The molecule has 7 heteroatoms. The molecule has 0 spiro atoms. The van der Waals surface area contributed by atoms with E-state index in [1.165, 1.54) is 7.11 Å². The van der Waals surface area contributed by atoms with Crippen LogP contribution in [-0.4, -0.2) is 52.4 Å². The lowest BCUT2D eigenvalue weighted by Gasteiger charge is -2.12. The summed E-state index contributed by atoms with van der Waals surface area (Å²) in [5.74, 6) is 1.09. The number of esters is 1. The zero-order chi connectivity index (χ0) is 14.5. The zero-order valence-corrected chi connectivity index (χ0v) is 15.2. The van der Waals surface area contributed by atoms with E-state index in [4.69, 9.17) is 4.74 Å². The van der Waals surface area contributed by atoms with Crippen molar-refractivity contribution in [1.82, 2.24) is 10.6 Å². The molecule has 20 heavy (non-hydrogen) atoms. The number of carbonyl (C=O) groups excluding carboxylic acids is 1. The van der Waals surface area contributed by atoms with E-state index in [9.17, 15) is 4.79 Å². The summed E-state index contributed by atoms with van der Waals surface area (Å²) in [4.78, 5) is 15.0. The first-order valence-corrected chi connectivity index (χ1v) is 6.69. The van der Waals surface area contributed by atoms with Gasteiger partial charge < -0.3 is 20.1 Å². The van der Waals surface area contributed by atoms with Crippen molar-refractivity contribution < 1.29 is 14.3 Å². The molecule has 0 saturated carbocycles. The number of hydrogen-bond donors (Lipinski definition) is 2. The molecule has 2 N–H and O–H groups in total. The fraction of sp³-hybridized carbons (Fsp3) is 0.846. The highest BCUT2D eigenvalue weighted by atomic mass is 127. The Morgan fingerprint density at radius 2 is 1.85 bits per heavy atom. The number of nitrogens with zero attached hydrogens (tertiary/aromatic N) is 1. The van der Waals surface area contributed by atoms with Crippen LogP contribution in [0.3, 0.4) is 0 Å². The van der Waals surface area contributed by atoms with Crippen LogP contribution in [0.15, 0.2) is 4.99 Å². The monoisotopic (exact) mass is 401 g/mol. The number of aliphatic imine (C=N–C) groups is 1. The predicted molar refractivity (Wildman–Crippen MR) is 91.7 cm³/mol. The van der Waals surface area contributed by atoms with Gasteiger partial charge in [-0.25, -0.2) is 0 Å². The molecule has 0 aliphatic heterocycles. The average molecular weight is 401 g/mol. The number of methoxy groups -OCH3 is 1. The molecule has 0 heterocycles. The van der Waals surface area contributed by atoms with Gasteiger partial charge in [-0.1, -0.05) is 13.8 Å². The number of ether oxygens (including phenoxy) is 2. The molecule has 0 aromatic carbocycles. The minimum absolute atomic E-state index is 0. The molecule has 0 bridgehead atoms. The molecular formula is C13H28IN3O3. The summed E-state index contributed by atoms with van der Waals surface area (Å²) in [6.45, 7) is 6.97. The quantitative estimate of drug-likeness (QED) is 0.201. The largest absolute Gasteiger partial charge is 0.469 e. The maximum Gasteiger partial charge on any atom is 0.307 e. The predicted octanol–water partition coefficient (Wildman–Crippen LogP) is 1.40. The van der Waals surface area contributed by atoms with Crippen molar-refractivity contribution in [3.05, 3.63) is 0 Å². The molecule has 0 radical (unpaired) electrons. The number of halogens is 1. The maximum atomic E-state index is 10.9. The van der Waals surface area contributed by atoms with Crippen molar-refractivity contribution in [2.75, 3.05) is 40.5 Å². The van der Waals surface area contributed by atoms with Gasteiger partial charge in [0.1, 0.15) is 0 Å². The molecule has 0 rings (SSSR count). The second-order valence-corrected chi connectivity index (χ2v) is 4.55. The highest BCUT2D eigenvalue weighted by Gasteiger charge is 2.01. The highest BCUT2D eigenvalue weighted by Crippen LogP contribution is 1.98. The topological polar surface area (TPSA) is 72.0 Å². The molecule has 0 aromatic heterocycles. The number of guanidine groups is 1. The Kier molecular flexibility index (Phi) is 16.1. The molecule has 0 saturated heterocycles. The van der Waals surface area contributed by atoms with Gasteiger partial charge in [-0.2, -0.15) is 0 Å². The molecule has 120 valence electrons. The standard InChI is InChI=1S/C13H27N3O3.HI/c1-11(2)6-9-19-10-8-16-13(14-3)15-7-5-12(17)18-4;/h11H,5-10H2,1-4H3,(H2,14,15,16);1H. The molecule has 6 nitrogen and oxygen atoms in total. The minimum Gasteiger partial charge on any atom is -0.469 e. The first kappa shape index (κ1) is 21.7. The van der Waals surface area contributed by atoms with E-state index in [0.29, 0.717) is 38.0 Å². The summed E-state index contributed by atoms with van der Waals surface area (Å²) in [5.41, 5.74) is 0. The summed E-state index contributed by atoms with van der Waals surface area (Å²) in [5, 5.41) is 6.14. The van der Waals surface area contributed by atoms with Crippen molar-refractivity contribution in [2.24, 2.45) is 10.9 Å². The minimum atomic E-state index is -0.236. The first-order valence-electron chi connectivity index (χ1n) is 6.69. The smallest absolute Gasteiger partial charge is 0.307 e. The second kappa shape index (κ2) is 14.8. The molecule has 0 atom stereocenters. The third-order valence-electron chi connectivity index (χ3n) is 2.45. The molecule has 0 fully saturated rings. The van der Waals surface area contributed by atoms with Crippen LogP contribution in [0.25, 0.3) is 0 Å². The van der Waals surface area contributed by atoms with Gasteiger partial charge in [-0.05, 0) is 12.3 Å². The van der Waals surface area contributed by atoms with E-state index < -0.39 is 0 Å². The number of carbonyl (C=O) groups is 1. The van der Waals surface area contributed by atoms with Gasteiger partial charge in [-0.3, -0.25) is 9.79 Å². The van der Waals surface area contributed by atoms with E-state index in [0.717, 1.165) is 13.0 Å². The lowest BCUT2D eigenvalue weighted by atomic mass is 10.1. The van der Waals surface area contributed by atoms with Gasteiger partial charge in [0.15, 0.2) is 5.96 Å². The molecule has 0 aliphatic rings. The van der Waals surface area contributed by atoms with Crippen molar-refractivity contribution in [3.8, 4) is 0 Å². The highest BCUT2D eigenvalue weighted by molar-refractivity contribution is 14.0. The lowest BCUT2D eigenvalue weighted by molar-refractivity contribution is -0.140. The van der Waals surface area contributed by atoms with Gasteiger partial charge in [0.2, 0.25) is 0 Å². The molecule has 0 amide bonds. The van der Waals surface area contributed by atoms with E-state index in [-0.39, 0.29) is 29.9 Å². The van der Waals surface area contributed by atoms with E-state index in [1.54, 1.807) is 7.05 Å². The third kappa shape index (κ3) is 13.9. The Morgan fingerprint density at radius 3 is 2.40 bits per heavy atom. The van der Waals surface area contributed by atoms with Gasteiger partial charge in [0.25, 0.3) is 0 Å². The summed E-state index contributed by atoms with van der Waals surface area (Å²) in [7, 11) is 3.07. The summed E-state index contributed by atoms with van der Waals surface area (Å²) in [6, 6.07) is 0. The molecular weight excluding hydrogens is 373 g/mol. The Morgan fingerprint density at radius 1 is 1.20 bits per heavy atom. The average Bonchev–Trinajstić information content (AvgIpc) is 2.39. The van der Waals surface area contributed by atoms with E-state index in [2.05, 4.69) is 34.2 Å². The van der Waals surface area contributed by atoms with E-state index >= 15 is 0 Å². The SMILES string of the molecule is CN=C(NCCOCCC(C)C)NCCC(=O)OC.I. The van der Waals surface area contributed by atoms with E-state index in [1.807, 2.05) is 0 Å². The summed E-state index contributed by atoms with van der Waals surface area (Å²) >= 11 is 0. The van der Waals surface area contributed by atoms with Crippen molar-refractivity contribution in [3.63, 3.8) is 0 Å². The second-order valence-electron chi connectivity index (χ2n) is 4.55. The zero-order valence-electron chi connectivity index (χ0n) is 12.9. The fourth-order valence-electron chi connectivity index (χ4n) is 1.27. The van der Waals surface area contributed by atoms with Crippen LogP contribution in [0.1, 0.15) is 26.7 Å². The Bertz CT molecular complexity index is 274. The molecule has 0 aliphatic carbocycles. The fourth-order valence-corrected chi connectivity index (χ4v) is 1.27. The molecule has 0 unspecified atom stereocenters. The van der Waals surface area contributed by atoms with Crippen LogP contribution < -0.4 is 10.6 Å².